The molecule has 0 aromatic carbocycles. The van der Waals surface area contributed by atoms with E-state index in [1.54, 1.807) is 13.1 Å². The minimum atomic E-state index is 0.203. The van der Waals surface area contributed by atoms with E-state index in [0.717, 1.165) is 18.5 Å². The minimum absolute atomic E-state index is 0.203. The molecule has 0 saturated heterocycles. The molecular weight excluding hydrogens is 204 g/mol. The van der Waals surface area contributed by atoms with Gasteiger partial charge in [-0.15, -0.1) is 0 Å². The standard InChI is InChI=1S/C12H18N2O2/c1-10(15)3-4-11-5-6-12(14-9-11)16-8-7-13-2/h5-6,9,13H,3-4,7-8H2,1-2H3. The third-order valence-electron chi connectivity index (χ3n) is 2.17. The van der Waals surface area contributed by atoms with E-state index in [1.165, 1.54) is 0 Å². The average Bonchev–Trinajstić information content (AvgIpc) is 2.28. The zero-order chi connectivity index (χ0) is 11.8. The molecule has 88 valence electrons. The molecule has 0 unspecified atom stereocenters. The summed E-state index contributed by atoms with van der Waals surface area (Å²) < 4.78 is 5.39. The monoisotopic (exact) mass is 222 g/mol. The van der Waals surface area contributed by atoms with Crippen LogP contribution in [0.2, 0.25) is 0 Å². The Balaban J connectivity index is 2.38. The van der Waals surface area contributed by atoms with Crippen molar-refractivity contribution in [1.82, 2.24) is 10.3 Å². The zero-order valence-electron chi connectivity index (χ0n) is 9.82. The number of aryl methyl sites for hydroxylation is 1. The van der Waals surface area contributed by atoms with Crippen molar-refractivity contribution in [3.8, 4) is 5.88 Å². The molecule has 0 fully saturated rings. The van der Waals surface area contributed by atoms with Crippen LogP contribution in [-0.2, 0) is 11.2 Å². The second kappa shape index (κ2) is 6.95. The van der Waals surface area contributed by atoms with E-state index >= 15 is 0 Å². The predicted molar refractivity (Wildman–Crippen MR) is 62.7 cm³/mol. The van der Waals surface area contributed by atoms with Crippen molar-refractivity contribution in [3.05, 3.63) is 23.9 Å². The van der Waals surface area contributed by atoms with Crippen LogP contribution in [0, 0.1) is 0 Å². The predicted octanol–water partition coefficient (Wildman–Crippen LogP) is 1.20. The van der Waals surface area contributed by atoms with Crippen molar-refractivity contribution >= 4 is 5.78 Å². The number of aromatic nitrogens is 1. The first-order chi connectivity index (χ1) is 7.72. The number of carbonyl (C=O) groups is 1. The first kappa shape index (κ1) is 12.6. The molecule has 0 bridgehead atoms. The van der Waals surface area contributed by atoms with E-state index in [4.69, 9.17) is 4.74 Å². The number of hydrogen-bond donors (Lipinski definition) is 1. The van der Waals surface area contributed by atoms with Gasteiger partial charge in [0.2, 0.25) is 5.88 Å². The average molecular weight is 222 g/mol. The van der Waals surface area contributed by atoms with E-state index in [9.17, 15) is 4.79 Å². The highest BCUT2D eigenvalue weighted by Gasteiger charge is 1.99. The molecule has 1 N–H and O–H groups in total. The molecule has 0 aliphatic carbocycles. The van der Waals surface area contributed by atoms with Crippen LogP contribution in [0.1, 0.15) is 18.9 Å². The highest BCUT2D eigenvalue weighted by atomic mass is 16.5. The van der Waals surface area contributed by atoms with Crippen molar-refractivity contribution < 1.29 is 9.53 Å². The van der Waals surface area contributed by atoms with Crippen LogP contribution in [0.3, 0.4) is 0 Å². The van der Waals surface area contributed by atoms with Gasteiger partial charge < -0.3 is 14.8 Å². The lowest BCUT2D eigenvalue weighted by Crippen LogP contribution is -2.16. The van der Waals surface area contributed by atoms with Gasteiger partial charge in [-0.2, -0.15) is 0 Å². The molecule has 1 rings (SSSR count). The van der Waals surface area contributed by atoms with Crippen LogP contribution >= 0.6 is 0 Å². The fourth-order valence-corrected chi connectivity index (χ4v) is 1.22. The van der Waals surface area contributed by atoms with Crippen LogP contribution in [0.25, 0.3) is 0 Å². The Hall–Kier alpha value is -1.42. The van der Waals surface area contributed by atoms with Gasteiger partial charge in [0.05, 0.1) is 0 Å². The summed E-state index contributed by atoms with van der Waals surface area (Å²) in [6.07, 6.45) is 3.08. The Bertz CT molecular complexity index is 322. The van der Waals surface area contributed by atoms with E-state index < -0.39 is 0 Å². The molecule has 1 aromatic heterocycles. The number of hydrogen-bond acceptors (Lipinski definition) is 4. The normalized spacial score (nSPS) is 10.1. The van der Waals surface area contributed by atoms with Crippen molar-refractivity contribution in [2.24, 2.45) is 0 Å². The van der Waals surface area contributed by atoms with Crippen molar-refractivity contribution in [3.63, 3.8) is 0 Å². The number of ketones is 1. The molecule has 0 aliphatic rings. The number of rotatable bonds is 7. The Morgan fingerprint density at radius 3 is 2.88 bits per heavy atom. The molecule has 1 aromatic rings. The van der Waals surface area contributed by atoms with Crippen LogP contribution in [-0.4, -0.2) is 31.0 Å². The number of ether oxygens (including phenoxy) is 1. The molecule has 0 atom stereocenters. The molecule has 16 heavy (non-hydrogen) atoms. The zero-order valence-corrected chi connectivity index (χ0v) is 9.82. The summed E-state index contributed by atoms with van der Waals surface area (Å²) in [7, 11) is 1.88. The molecule has 0 aliphatic heterocycles. The van der Waals surface area contributed by atoms with Crippen molar-refractivity contribution in [2.75, 3.05) is 20.2 Å². The van der Waals surface area contributed by atoms with Crippen LogP contribution in [0.15, 0.2) is 18.3 Å². The molecule has 1 heterocycles. The molecule has 0 amide bonds. The van der Waals surface area contributed by atoms with E-state index in [-0.39, 0.29) is 5.78 Å². The minimum Gasteiger partial charge on any atom is -0.476 e. The van der Waals surface area contributed by atoms with Gasteiger partial charge in [0.25, 0.3) is 0 Å². The highest BCUT2D eigenvalue weighted by Crippen LogP contribution is 2.09. The van der Waals surface area contributed by atoms with Gasteiger partial charge in [-0.3, -0.25) is 0 Å². The summed E-state index contributed by atoms with van der Waals surface area (Å²) in [5.74, 6) is 0.830. The van der Waals surface area contributed by atoms with Crippen molar-refractivity contribution in [1.29, 1.82) is 0 Å². The molecule has 4 heteroatoms. The first-order valence-corrected chi connectivity index (χ1v) is 5.44. The summed E-state index contributed by atoms with van der Waals surface area (Å²) in [5.41, 5.74) is 1.07. The summed E-state index contributed by atoms with van der Waals surface area (Å²) >= 11 is 0. The molecule has 4 nitrogen and oxygen atoms in total. The lowest BCUT2D eigenvalue weighted by atomic mass is 10.1. The molecule has 0 spiro atoms. The van der Waals surface area contributed by atoms with Gasteiger partial charge in [-0.25, -0.2) is 4.98 Å². The molecule has 0 saturated carbocycles. The molecule has 0 radical (unpaired) electrons. The highest BCUT2D eigenvalue weighted by molar-refractivity contribution is 5.75. The van der Waals surface area contributed by atoms with Gasteiger partial charge in [0.1, 0.15) is 12.4 Å². The lowest BCUT2D eigenvalue weighted by Gasteiger charge is -2.05. The van der Waals surface area contributed by atoms with Gasteiger partial charge in [0.15, 0.2) is 0 Å². The fraction of sp³-hybridized carbons (Fsp3) is 0.500. The largest absolute Gasteiger partial charge is 0.476 e. The topological polar surface area (TPSA) is 51.2 Å². The number of likely N-dealkylation sites (N-methyl/N-ethyl adjacent to an activating group) is 1. The fourth-order valence-electron chi connectivity index (χ4n) is 1.22. The maximum atomic E-state index is 10.8. The summed E-state index contributed by atoms with van der Waals surface area (Å²) in [6.45, 7) is 3.01. The third kappa shape index (κ3) is 4.89. The maximum absolute atomic E-state index is 10.8. The number of pyridine rings is 1. The lowest BCUT2D eigenvalue weighted by molar-refractivity contribution is -0.116. The number of Topliss-reactive ketones (excluding diaryl/α,β-unsaturated/α-hetero) is 1. The SMILES string of the molecule is CNCCOc1ccc(CCC(C)=O)cn1. The number of nitrogens with one attached hydrogen (secondary N) is 1. The van der Waals surface area contributed by atoms with Gasteiger partial charge in [-0.1, -0.05) is 6.07 Å². The van der Waals surface area contributed by atoms with Gasteiger partial charge in [-0.05, 0) is 26.0 Å². The quantitative estimate of drug-likeness (QED) is 0.704. The van der Waals surface area contributed by atoms with E-state index in [1.807, 2.05) is 19.2 Å². The Kier molecular flexibility index (Phi) is 5.50. The van der Waals surface area contributed by atoms with Crippen LogP contribution in [0.4, 0.5) is 0 Å². The molecular formula is C12H18N2O2. The second-order valence-electron chi connectivity index (χ2n) is 3.66. The second-order valence-corrected chi connectivity index (χ2v) is 3.66. The van der Waals surface area contributed by atoms with E-state index in [0.29, 0.717) is 18.9 Å². The summed E-state index contributed by atoms with van der Waals surface area (Å²) in [6, 6.07) is 3.79. The number of carbonyl (C=O) groups excluding carboxylic acids is 1. The Labute approximate surface area is 96.0 Å². The van der Waals surface area contributed by atoms with Crippen LogP contribution < -0.4 is 10.1 Å². The Morgan fingerprint density at radius 2 is 2.31 bits per heavy atom. The Morgan fingerprint density at radius 1 is 1.50 bits per heavy atom. The summed E-state index contributed by atoms with van der Waals surface area (Å²) in [5, 5.41) is 2.99. The van der Waals surface area contributed by atoms with Gasteiger partial charge in [0, 0.05) is 25.2 Å². The van der Waals surface area contributed by atoms with Crippen molar-refractivity contribution in [2.45, 2.75) is 19.8 Å². The first-order valence-electron chi connectivity index (χ1n) is 5.44. The van der Waals surface area contributed by atoms with Crippen LogP contribution in [0.5, 0.6) is 5.88 Å². The maximum Gasteiger partial charge on any atom is 0.213 e. The summed E-state index contributed by atoms with van der Waals surface area (Å²) in [4.78, 5) is 15.0. The number of nitrogens with zero attached hydrogens (tertiary/aromatic N) is 1. The van der Waals surface area contributed by atoms with Gasteiger partial charge >= 0.3 is 0 Å². The third-order valence-corrected chi connectivity index (χ3v) is 2.17. The smallest absolute Gasteiger partial charge is 0.213 e. The van der Waals surface area contributed by atoms with E-state index in [2.05, 4.69) is 10.3 Å².